The first-order chi connectivity index (χ1) is 8.15. The Morgan fingerprint density at radius 1 is 1.59 bits per heavy atom. The van der Waals surface area contributed by atoms with E-state index >= 15 is 0 Å². The van der Waals surface area contributed by atoms with Crippen molar-refractivity contribution < 1.29 is 14.3 Å². The molecule has 1 atom stereocenters. The van der Waals surface area contributed by atoms with Gasteiger partial charge in [0, 0.05) is 11.4 Å². The number of amides is 1. The average molecular weight is 236 g/mol. The Bertz CT molecular complexity index is 404. The van der Waals surface area contributed by atoms with Crippen molar-refractivity contribution in [1.82, 2.24) is 0 Å². The van der Waals surface area contributed by atoms with Gasteiger partial charge in [-0.25, -0.2) is 0 Å². The third kappa shape index (κ3) is 3.18. The molecule has 1 aromatic rings. The molecule has 0 saturated carbocycles. The minimum Gasteiger partial charge on any atom is -0.399 e. The number of nitrogen functional groups attached to an aromatic ring is 1. The molecule has 1 saturated heterocycles. The van der Waals surface area contributed by atoms with Crippen molar-refractivity contribution in [1.29, 1.82) is 0 Å². The molecule has 1 heterocycles. The van der Waals surface area contributed by atoms with Crippen LogP contribution in [0.2, 0.25) is 0 Å². The Morgan fingerprint density at radius 2 is 2.35 bits per heavy atom. The predicted molar refractivity (Wildman–Crippen MR) is 64.6 cm³/mol. The Balaban J connectivity index is 1.87. The van der Waals surface area contributed by atoms with E-state index in [-0.39, 0.29) is 12.0 Å². The van der Waals surface area contributed by atoms with Gasteiger partial charge in [-0.15, -0.1) is 0 Å². The maximum absolute atomic E-state index is 11.8. The van der Waals surface area contributed by atoms with E-state index in [1.54, 1.807) is 31.2 Å². The number of rotatable bonds is 4. The van der Waals surface area contributed by atoms with Gasteiger partial charge in [0.2, 0.25) is 0 Å². The highest BCUT2D eigenvalue weighted by molar-refractivity contribution is 5.94. The number of carbonyl (C=O) groups excluding carboxylic acids is 1. The van der Waals surface area contributed by atoms with Crippen molar-refractivity contribution >= 4 is 17.3 Å². The van der Waals surface area contributed by atoms with Crippen LogP contribution in [-0.4, -0.2) is 31.3 Å². The zero-order valence-corrected chi connectivity index (χ0v) is 9.68. The molecule has 5 heteroatoms. The summed E-state index contributed by atoms with van der Waals surface area (Å²) in [6, 6.07) is 7.04. The van der Waals surface area contributed by atoms with Gasteiger partial charge in [0.05, 0.1) is 13.2 Å². The monoisotopic (exact) mass is 236 g/mol. The first-order valence-corrected chi connectivity index (χ1v) is 5.55. The Hall–Kier alpha value is -1.59. The Morgan fingerprint density at radius 3 is 2.94 bits per heavy atom. The summed E-state index contributed by atoms with van der Waals surface area (Å²) < 4.78 is 10.5. The number of hydrogen-bond acceptors (Lipinski definition) is 4. The summed E-state index contributed by atoms with van der Waals surface area (Å²) in [4.78, 5) is 11.8. The summed E-state index contributed by atoms with van der Waals surface area (Å²) in [6.45, 7) is 2.85. The van der Waals surface area contributed by atoms with Crippen molar-refractivity contribution in [3.05, 3.63) is 24.3 Å². The number of benzene rings is 1. The van der Waals surface area contributed by atoms with Crippen LogP contribution >= 0.6 is 0 Å². The molecule has 0 aromatic heterocycles. The summed E-state index contributed by atoms with van der Waals surface area (Å²) >= 11 is 0. The molecule has 1 fully saturated rings. The second-order valence-electron chi connectivity index (χ2n) is 4.05. The van der Waals surface area contributed by atoms with Gasteiger partial charge in [-0.2, -0.15) is 0 Å². The molecule has 1 amide bonds. The average Bonchev–Trinajstić information content (AvgIpc) is 2.23. The predicted octanol–water partition coefficient (Wildman–Crippen LogP) is 1.01. The highest BCUT2D eigenvalue weighted by Gasteiger charge is 2.24. The molecule has 1 aliphatic heterocycles. The standard InChI is InChI=1S/C12H16N2O3/c1-8(17-11-6-16-7-11)12(15)14-10-4-2-3-9(13)5-10/h2-5,8,11H,6-7,13H2,1H3,(H,14,15). The zero-order chi connectivity index (χ0) is 12.3. The summed E-state index contributed by atoms with van der Waals surface area (Å²) in [5.74, 6) is -0.178. The van der Waals surface area contributed by atoms with Crippen molar-refractivity contribution in [3.63, 3.8) is 0 Å². The van der Waals surface area contributed by atoms with Crippen LogP contribution in [0.5, 0.6) is 0 Å². The molecule has 0 aliphatic carbocycles. The number of nitrogens with two attached hydrogens (primary N) is 1. The maximum Gasteiger partial charge on any atom is 0.253 e. The van der Waals surface area contributed by atoms with E-state index in [2.05, 4.69) is 5.32 Å². The van der Waals surface area contributed by atoms with Gasteiger partial charge >= 0.3 is 0 Å². The van der Waals surface area contributed by atoms with Crippen LogP contribution in [0.1, 0.15) is 6.92 Å². The second-order valence-corrected chi connectivity index (χ2v) is 4.05. The fourth-order valence-electron chi connectivity index (χ4n) is 1.50. The first-order valence-electron chi connectivity index (χ1n) is 5.55. The normalized spacial score (nSPS) is 17.2. The Labute approximate surface area is 99.9 Å². The summed E-state index contributed by atoms with van der Waals surface area (Å²) in [6.07, 6.45) is -0.457. The molecule has 0 spiro atoms. The molecule has 17 heavy (non-hydrogen) atoms. The van der Waals surface area contributed by atoms with E-state index in [0.717, 1.165) is 0 Å². The van der Waals surface area contributed by atoms with Crippen molar-refractivity contribution in [2.24, 2.45) is 0 Å². The number of nitrogens with one attached hydrogen (secondary N) is 1. The van der Waals surface area contributed by atoms with E-state index in [1.807, 2.05) is 0 Å². The van der Waals surface area contributed by atoms with E-state index < -0.39 is 6.10 Å². The minimum absolute atomic E-state index is 0.0385. The van der Waals surface area contributed by atoms with E-state index in [0.29, 0.717) is 24.6 Å². The van der Waals surface area contributed by atoms with Crippen molar-refractivity contribution in [2.75, 3.05) is 24.3 Å². The molecular weight excluding hydrogens is 220 g/mol. The van der Waals surface area contributed by atoms with Crippen molar-refractivity contribution in [2.45, 2.75) is 19.1 Å². The Kier molecular flexibility index (Phi) is 3.61. The summed E-state index contributed by atoms with van der Waals surface area (Å²) in [7, 11) is 0. The van der Waals surface area contributed by atoms with Crippen LogP contribution in [0, 0.1) is 0 Å². The van der Waals surface area contributed by atoms with Gasteiger partial charge in [0.25, 0.3) is 5.91 Å². The van der Waals surface area contributed by atoms with Crippen LogP contribution in [0.4, 0.5) is 11.4 Å². The van der Waals surface area contributed by atoms with Gasteiger partial charge < -0.3 is 20.5 Å². The molecule has 1 aromatic carbocycles. The lowest BCUT2D eigenvalue weighted by atomic mass is 10.2. The SMILES string of the molecule is CC(OC1COC1)C(=O)Nc1cccc(N)c1. The largest absolute Gasteiger partial charge is 0.399 e. The van der Waals surface area contributed by atoms with E-state index in [4.69, 9.17) is 15.2 Å². The van der Waals surface area contributed by atoms with Crippen LogP contribution in [0.3, 0.4) is 0 Å². The van der Waals surface area contributed by atoms with Gasteiger partial charge in [0.15, 0.2) is 0 Å². The first kappa shape index (κ1) is 11.9. The molecule has 92 valence electrons. The number of anilines is 2. The van der Waals surface area contributed by atoms with Gasteiger partial charge in [0.1, 0.15) is 12.2 Å². The lowest BCUT2D eigenvalue weighted by molar-refractivity contribution is -0.161. The quantitative estimate of drug-likeness (QED) is 0.765. The van der Waals surface area contributed by atoms with Gasteiger partial charge in [-0.05, 0) is 25.1 Å². The maximum atomic E-state index is 11.8. The molecule has 3 N–H and O–H groups in total. The third-order valence-electron chi connectivity index (χ3n) is 2.53. The zero-order valence-electron chi connectivity index (χ0n) is 9.68. The van der Waals surface area contributed by atoms with Crippen molar-refractivity contribution in [3.8, 4) is 0 Å². The molecule has 0 bridgehead atoms. The van der Waals surface area contributed by atoms with E-state index in [1.165, 1.54) is 0 Å². The summed E-state index contributed by atoms with van der Waals surface area (Å²) in [5, 5.41) is 2.75. The topological polar surface area (TPSA) is 73.6 Å². The van der Waals surface area contributed by atoms with Crippen LogP contribution in [0.15, 0.2) is 24.3 Å². The van der Waals surface area contributed by atoms with E-state index in [9.17, 15) is 4.79 Å². The molecule has 5 nitrogen and oxygen atoms in total. The lowest BCUT2D eigenvalue weighted by Gasteiger charge is -2.28. The minimum atomic E-state index is -0.495. The smallest absolute Gasteiger partial charge is 0.253 e. The van der Waals surface area contributed by atoms with Gasteiger partial charge in [-0.1, -0.05) is 6.07 Å². The second kappa shape index (κ2) is 5.16. The number of carbonyl (C=O) groups is 1. The highest BCUT2D eigenvalue weighted by Crippen LogP contribution is 2.14. The fraction of sp³-hybridized carbons (Fsp3) is 0.417. The van der Waals surface area contributed by atoms with Gasteiger partial charge in [-0.3, -0.25) is 4.79 Å². The highest BCUT2D eigenvalue weighted by atomic mass is 16.6. The molecule has 0 radical (unpaired) electrons. The molecule has 1 unspecified atom stereocenters. The number of hydrogen-bond donors (Lipinski definition) is 2. The molecule has 1 aliphatic rings. The van der Waals surface area contributed by atoms with Crippen LogP contribution in [0.25, 0.3) is 0 Å². The lowest BCUT2D eigenvalue weighted by Crippen LogP contribution is -2.41. The van der Waals surface area contributed by atoms with Crippen LogP contribution in [-0.2, 0) is 14.3 Å². The molecule has 2 rings (SSSR count). The fourth-order valence-corrected chi connectivity index (χ4v) is 1.50. The molecular formula is C12H16N2O3. The van der Waals surface area contributed by atoms with Crippen LogP contribution < -0.4 is 11.1 Å². The number of ether oxygens (including phenoxy) is 2. The third-order valence-corrected chi connectivity index (χ3v) is 2.53. The summed E-state index contributed by atoms with van der Waals surface area (Å²) in [5.41, 5.74) is 6.91.